The van der Waals surface area contributed by atoms with E-state index >= 15 is 0 Å². The Balaban J connectivity index is 1.51. The van der Waals surface area contributed by atoms with E-state index in [0.717, 1.165) is 35.0 Å². The van der Waals surface area contributed by atoms with E-state index in [9.17, 15) is 4.79 Å². The zero-order valence-electron chi connectivity index (χ0n) is 16.0. The zero-order chi connectivity index (χ0) is 20.8. The quantitative estimate of drug-likeness (QED) is 0.455. The van der Waals surface area contributed by atoms with Gasteiger partial charge in [0.25, 0.3) is 5.89 Å². The van der Waals surface area contributed by atoms with Crippen LogP contribution < -0.4 is 4.74 Å². The van der Waals surface area contributed by atoms with Crippen molar-refractivity contribution in [3.05, 3.63) is 46.7 Å². The minimum Gasteiger partial charge on any atom is -0.481 e. The Morgan fingerprint density at radius 1 is 1.30 bits per heavy atom. The van der Waals surface area contributed by atoms with Crippen molar-refractivity contribution in [3.63, 3.8) is 0 Å². The highest BCUT2D eigenvalue weighted by molar-refractivity contribution is 6.29. The maximum atomic E-state index is 11.1. The normalized spacial score (nSPS) is 15.5. The molecule has 1 atom stereocenters. The number of aliphatic carboxylic acids is 1. The highest BCUT2D eigenvalue weighted by atomic mass is 35.5. The second-order valence-corrected chi connectivity index (χ2v) is 7.64. The Morgan fingerprint density at radius 2 is 2.17 bits per heavy atom. The SMILES string of the molecule is COc1cc(-c2nc(-c3ccc4[nH]c5c(c4c3)CCC5CC(=O)O)no2)cc(Cl)n1. The summed E-state index contributed by atoms with van der Waals surface area (Å²) in [6.07, 6.45) is 1.83. The van der Waals surface area contributed by atoms with Gasteiger partial charge in [0.15, 0.2) is 0 Å². The number of aromatic amines is 1. The maximum absolute atomic E-state index is 11.1. The van der Waals surface area contributed by atoms with Crippen LogP contribution in [0.1, 0.15) is 30.0 Å². The lowest BCUT2D eigenvalue weighted by molar-refractivity contribution is -0.137. The molecule has 152 valence electrons. The number of carboxylic acids is 1. The highest BCUT2D eigenvalue weighted by Gasteiger charge is 2.28. The molecule has 0 radical (unpaired) electrons. The van der Waals surface area contributed by atoms with E-state index in [2.05, 4.69) is 20.1 Å². The molecule has 30 heavy (non-hydrogen) atoms. The lowest BCUT2D eigenvalue weighted by atomic mass is 10.0. The molecule has 0 fully saturated rings. The van der Waals surface area contributed by atoms with Crippen molar-refractivity contribution >= 4 is 28.5 Å². The Morgan fingerprint density at radius 3 is 2.97 bits per heavy atom. The molecule has 0 bridgehead atoms. The third-order valence-electron chi connectivity index (χ3n) is 5.42. The number of fused-ring (bicyclic) bond motifs is 3. The van der Waals surface area contributed by atoms with Crippen LogP contribution in [0.15, 0.2) is 34.9 Å². The molecule has 0 saturated heterocycles. The fourth-order valence-corrected chi connectivity index (χ4v) is 4.26. The first-order valence-electron chi connectivity index (χ1n) is 9.44. The molecule has 8 nitrogen and oxygen atoms in total. The van der Waals surface area contributed by atoms with Crippen molar-refractivity contribution in [1.82, 2.24) is 20.1 Å². The fraction of sp³-hybridized carbons (Fsp3) is 0.238. The van der Waals surface area contributed by atoms with Crippen LogP contribution in [0.4, 0.5) is 0 Å². The predicted octanol–water partition coefficient (Wildman–Crippen LogP) is 4.45. The smallest absolute Gasteiger partial charge is 0.304 e. The Bertz CT molecular complexity index is 1280. The van der Waals surface area contributed by atoms with E-state index in [1.165, 1.54) is 12.7 Å². The number of carbonyl (C=O) groups is 1. The number of aromatic nitrogens is 4. The van der Waals surface area contributed by atoms with Gasteiger partial charge >= 0.3 is 5.97 Å². The van der Waals surface area contributed by atoms with Gasteiger partial charge in [-0.05, 0) is 42.7 Å². The van der Waals surface area contributed by atoms with Gasteiger partial charge in [-0.1, -0.05) is 16.8 Å². The lowest BCUT2D eigenvalue weighted by Gasteiger charge is -2.05. The molecule has 9 heteroatoms. The first kappa shape index (κ1) is 18.6. The van der Waals surface area contributed by atoms with Gasteiger partial charge in [-0.15, -0.1) is 0 Å². The van der Waals surface area contributed by atoms with Crippen LogP contribution in [0.5, 0.6) is 5.88 Å². The molecule has 1 unspecified atom stereocenters. The lowest BCUT2D eigenvalue weighted by Crippen LogP contribution is -2.03. The monoisotopic (exact) mass is 424 g/mol. The van der Waals surface area contributed by atoms with E-state index in [-0.39, 0.29) is 17.5 Å². The molecule has 1 aromatic carbocycles. The molecule has 4 aromatic rings. The second kappa shape index (κ2) is 7.14. The number of methoxy groups -OCH3 is 1. The minimum atomic E-state index is -0.778. The number of hydrogen-bond donors (Lipinski definition) is 2. The molecule has 0 spiro atoms. The van der Waals surface area contributed by atoms with Gasteiger partial charge in [0, 0.05) is 39.7 Å². The molecule has 0 saturated carbocycles. The van der Waals surface area contributed by atoms with Crippen LogP contribution >= 0.6 is 11.6 Å². The first-order chi connectivity index (χ1) is 14.5. The van der Waals surface area contributed by atoms with Gasteiger partial charge < -0.3 is 19.4 Å². The van der Waals surface area contributed by atoms with Gasteiger partial charge in [-0.3, -0.25) is 4.79 Å². The van der Waals surface area contributed by atoms with Crippen molar-refractivity contribution < 1.29 is 19.2 Å². The second-order valence-electron chi connectivity index (χ2n) is 7.26. The van der Waals surface area contributed by atoms with Crippen LogP contribution in [0, 0.1) is 0 Å². The number of hydrogen-bond acceptors (Lipinski definition) is 6. The summed E-state index contributed by atoms with van der Waals surface area (Å²) in [7, 11) is 1.51. The topological polar surface area (TPSA) is 114 Å². The standard InChI is InChI=1S/C21H17ClN4O4/c1-29-17-8-12(7-16(22)24-17)21-25-20(26-30-21)11-3-5-15-14(6-11)13-4-2-10(9-18(27)28)19(13)23-15/h3,5-8,10,23H,2,4,9H2,1H3,(H,27,28). The Labute approximate surface area is 175 Å². The number of carboxylic acid groups (broad SMARTS) is 1. The summed E-state index contributed by atoms with van der Waals surface area (Å²) in [4.78, 5) is 23.1. The van der Waals surface area contributed by atoms with E-state index < -0.39 is 5.97 Å². The summed E-state index contributed by atoms with van der Waals surface area (Å²) < 4.78 is 10.6. The van der Waals surface area contributed by atoms with Crippen LogP contribution in [0.3, 0.4) is 0 Å². The molecule has 5 rings (SSSR count). The van der Waals surface area contributed by atoms with E-state index in [4.69, 9.17) is 26.0 Å². The summed E-state index contributed by atoms with van der Waals surface area (Å²) in [5, 5.41) is 14.6. The van der Waals surface area contributed by atoms with Crippen molar-refractivity contribution in [3.8, 4) is 28.7 Å². The van der Waals surface area contributed by atoms with E-state index in [0.29, 0.717) is 23.2 Å². The van der Waals surface area contributed by atoms with Crippen molar-refractivity contribution in [2.24, 2.45) is 0 Å². The van der Waals surface area contributed by atoms with Gasteiger partial charge in [-0.25, -0.2) is 4.98 Å². The molecule has 0 amide bonds. The van der Waals surface area contributed by atoms with Crippen LogP contribution in [-0.4, -0.2) is 38.3 Å². The summed E-state index contributed by atoms with van der Waals surface area (Å²) in [5.74, 6) is 0.371. The third-order valence-corrected chi connectivity index (χ3v) is 5.62. The van der Waals surface area contributed by atoms with Crippen molar-refractivity contribution in [2.45, 2.75) is 25.2 Å². The molecule has 1 aliphatic rings. The van der Waals surface area contributed by atoms with Crippen LogP contribution in [0.25, 0.3) is 33.7 Å². The number of H-pyrrole nitrogens is 1. The number of ether oxygens (including phenoxy) is 1. The first-order valence-corrected chi connectivity index (χ1v) is 9.82. The fourth-order valence-electron chi connectivity index (χ4n) is 4.06. The predicted molar refractivity (Wildman–Crippen MR) is 110 cm³/mol. The number of benzene rings is 1. The van der Waals surface area contributed by atoms with E-state index in [1.54, 1.807) is 12.1 Å². The summed E-state index contributed by atoms with van der Waals surface area (Å²) in [6, 6.07) is 9.20. The molecule has 1 aliphatic carbocycles. The number of halogens is 1. The maximum Gasteiger partial charge on any atom is 0.304 e. The number of nitrogens with zero attached hydrogens (tertiary/aromatic N) is 3. The average molecular weight is 425 g/mol. The summed E-state index contributed by atoms with van der Waals surface area (Å²) >= 11 is 6.03. The van der Waals surface area contributed by atoms with Gasteiger partial charge in [0.05, 0.1) is 13.5 Å². The van der Waals surface area contributed by atoms with Crippen molar-refractivity contribution in [2.75, 3.05) is 7.11 Å². The third kappa shape index (κ3) is 3.19. The highest BCUT2D eigenvalue weighted by Crippen LogP contribution is 2.40. The molecular weight excluding hydrogens is 408 g/mol. The Kier molecular flexibility index (Phi) is 4.43. The summed E-state index contributed by atoms with van der Waals surface area (Å²) in [5.41, 5.74) is 4.61. The van der Waals surface area contributed by atoms with Crippen molar-refractivity contribution in [1.29, 1.82) is 0 Å². The largest absolute Gasteiger partial charge is 0.481 e. The minimum absolute atomic E-state index is 0.0246. The van der Waals surface area contributed by atoms with Crippen LogP contribution in [0.2, 0.25) is 5.15 Å². The molecule has 3 aromatic heterocycles. The average Bonchev–Trinajstić information content (AvgIpc) is 3.43. The molecule has 0 aliphatic heterocycles. The van der Waals surface area contributed by atoms with Gasteiger partial charge in [-0.2, -0.15) is 4.98 Å². The number of pyridine rings is 1. The molecular formula is C21H17ClN4O4. The van der Waals surface area contributed by atoms with Gasteiger partial charge in [0.1, 0.15) is 5.15 Å². The molecule has 2 N–H and O–H groups in total. The number of aryl methyl sites for hydroxylation is 1. The number of rotatable bonds is 5. The number of nitrogens with one attached hydrogen (secondary N) is 1. The molecule has 3 heterocycles. The Hall–Kier alpha value is -3.39. The van der Waals surface area contributed by atoms with Crippen LogP contribution in [-0.2, 0) is 11.2 Å². The summed E-state index contributed by atoms with van der Waals surface area (Å²) in [6.45, 7) is 0. The van der Waals surface area contributed by atoms with Gasteiger partial charge in [0.2, 0.25) is 11.7 Å². The zero-order valence-corrected chi connectivity index (χ0v) is 16.7. The van der Waals surface area contributed by atoms with E-state index in [1.807, 2.05) is 18.2 Å².